The summed E-state index contributed by atoms with van der Waals surface area (Å²) in [6, 6.07) is 17.1. The van der Waals surface area contributed by atoms with Gasteiger partial charge in [-0.3, -0.25) is 4.90 Å². The predicted molar refractivity (Wildman–Crippen MR) is 106 cm³/mol. The predicted octanol–water partition coefficient (Wildman–Crippen LogP) is 3.81. The molecular weight excluding hydrogens is 424 g/mol. The Morgan fingerprint density at radius 3 is 2.20 bits per heavy atom. The van der Waals surface area contributed by atoms with E-state index in [-0.39, 0.29) is 18.4 Å². The second-order valence-electron chi connectivity index (χ2n) is 6.11. The fourth-order valence-electron chi connectivity index (χ4n) is 2.95. The molecule has 0 aliphatic carbocycles. The Hall–Kier alpha value is -0.920. The first-order valence-corrected chi connectivity index (χ1v) is 10.3. The number of rotatable bonds is 5. The normalized spacial score (nSPS) is 16.4. The highest BCUT2D eigenvalue weighted by Crippen LogP contribution is 2.18. The first kappa shape index (κ1) is 20.4. The quantitative estimate of drug-likeness (QED) is 0.761. The summed E-state index contributed by atoms with van der Waals surface area (Å²) < 4.78 is 28.6. The Labute approximate surface area is 164 Å². The van der Waals surface area contributed by atoms with E-state index in [4.69, 9.17) is 0 Å². The maximum atomic E-state index is 12.4. The molecule has 0 saturated carbocycles. The van der Waals surface area contributed by atoms with Crippen LogP contribution in [0.15, 0.2) is 64.0 Å². The summed E-state index contributed by atoms with van der Waals surface area (Å²) >= 11 is 3.32. The van der Waals surface area contributed by atoms with Gasteiger partial charge in [0.1, 0.15) is 0 Å². The van der Waals surface area contributed by atoms with Gasteiger partial charge in [-0.1, -0.05) is 46.3 Å². The highest BCUT2D eigenvalue weighted by molar-refractivity contribution is 9.10. The number of nitrogens with zero attached hydrogens (tertiary/aromatic N) is 1. The Bertz CT molecular complexity index is 761. The minimum absolute atomic E-state index is 0. The van der Waals surface area contributed by atoms with Gasteiger partial charge in [0, 0.05) is 30.1 Å². The molecule has 0 aromatic heterocycles. The van der Waals surface area contributed by atoms with Crippen LogP contribution in [-0.2, 0) is 16.6 Å². The van der Waals surface area contributed by atoms with E-state index < -0.39 is 10.0 Å². The van der Waals surface area contributed by atoms with Gasteiger partial charge in [-0.25, -0.2) is 13.1 Å². The van der Waals surface area contributed by atoms with Crippen LogP contribution in [0.2, 0.25) is 0 Å². The van der Waals surface area contributed by atoms with Crippen LogP contribution in [0.25, 0.3) is 0 Å². The first-order valence-electron chi connectivity index (χ1n) is 8.07. The van der Waals surface area contributed by atoms with Crippen LogP contribution in [0.3, 0.4) is 0 Å². The zero-order valence-electron chi connectivity index (χ0n) is 13.8. The second kappa shape index (κ2) is 9.14. The molecule has 136 valence electrons. The van der Waals surface area contributed by atoms with Gasteiger partial charge in [0.25, 0.3) is 0 Å². The molecule has 1 aliphatic rings. The first-order chi connectivity index (χ1) is 11.5. The van der Waals surface area contributed by atoms with Gasteiger partial charge in [0.15, 0.2) is 0 Å². The third-order valence-corrected chi connectivity index (χ3v) is 6.35. The molecule has 2 aromatic rings. The van der Waals surface area contributed by atoms with E-state index in [2.05, 4.69) is 49.8 Å². The van der Waals surface area contributed by atoms with Crippen LogP contribution in [0.1, 0.15) is 18.4 Å². The summed E-state index contributed by atoms with van der Waals surface area (Å²) in [5.41, 5.74) is 1.30. The van der Waals surface area contributed by atoms with Crippen molar-refractivity contribution >= 4 is 38.4 Å². The zero-order valence-corrected chi connectivity index (χ0v) is 17.0. The molecule has 1 aliphatic heterocycles. The van der Waals surface area contributed by atoms with E-state index in [1.165, 1.54) is 5.56 Å². The number of halogens is 2. The molecule has 4 nitrogen and oxygen atoms in total. The average molecular weight is 446 g/mol. The third-order valence-electron chi connectivity index (χ3n) is 4.28. The summed E-state index contributed by atoms with van der Waals surface area (Å²) in [6.07, 6.45) is 1.67. The summed E-state index contributed by atoms with van der Waals surface area (Å²) in [7, 11) is -3.44. The van der Waals surface area contributed by atoms with Gasteiger partial charge in [0.05, 0.1) is 4.90 Å². The zero-order chi connectivity index (χ0) is 17.0. The topological polar surface area (TPSA) is 49.4 Å². The Morgan fingerprint density at radius 2 is 1.60 bits per heavy atom. The largest absolute Gasteiger partial charge is 0.299 e. The van der Waals surface area contributed by atoms with E-state index in [1.807, 2.05) is 6.07 Å². The molecule has 0 bridgehead atoms. The van der Waals surface area contributed by atoms with Crippen LogP contribution < -0.4 is 4.72 Å². The van der Waals surface area contributed by atoms with Gasteiger partial charge in [-0.15, -0.1) is 12.4 Å². The maximum Gasteiger partial charge on any atom is 0.240 e. The van der Waals surface area contributed by atoms with Gasteiger partial charge < -0.3 is 0 Å². The van der Waals surface area contributed by atoms with Gasteiger partial charge in [-0.05, 0) is 42.7 Å². The van der Waals surface area contributed by atoms with Crippen LogP contribution in [0.4, 0.5) is 0 Å². The standard InChI is InChI=1S/C18H21BrN2O2S.ClH/c19-16-6-8-18(9-7-16)24(22,23)20-17-10-12-21(13-11-17)14-15-4-2-1-3-5-15;/h1-9,17,20H,10-14H2;1H. The second-order valence-corrected chi connectivity index (χ2v) is 8.74. The lowest BCUT2D eigenvalue weighted by atomic mass is 10.1. The summed E-state index contributed by atoms with van der Waals surface area (Å²) in [5.74, 6) is 0. The van der Waals surface area contributed by atoms with E-state index in [0.717, 1.165) is 36.9 Å². The number of hydrogen-bond donors (Lipinski definition) is 1. The number of likely N-dealkylation sites (tertiary alicyclic amines) is 1. The van der Waals surface area contributed by atoms with Crippen molar-refractivity contribution in [1.29, 1.82) is 0 Å². The number of hydrogen-bond acceptors (Lipinski definition) is 3. The van der Waals surface area contributed by atoms with E-state index in [1.54, 1.807) is 24.3 Å². The molecule has 1 fully saturated rings. The molecule has 1 saturated heterocycles. The minimum atomic E-state index is -3.44. The van der Waals surface area contributed by atoms with Crippen molar-refractivity contribution < 1.29 is 8.42 Å². The van der Waals surface area contributed by atoms with E-state index >= 15 is 0 Å². The molecule has 1 heterocycles. The molecule has 3 rings (SSSR count). The lowest BCUT2D eigenvalue weighted by molar-refractivity contribution is 0.200. The molecule has 7 heteroatoms. The van der Waals surface area contributed by atoms with Gasteiger partial charge >= 0.3 is 0 Å². The Balaban J connectivity index is 0.00000225. The fourth-order valence-corrected chi connectivity index (χ4v) is 4.52. The molecule has 0 unspecified atom stereocenters. The monoisotopic (exact) mass is 444 g/mol. The lowest BCUT2D eigenvalue weighted by Gasteiger charge is -2.32. The molecule has 0 radical (unpaired) electrons. The van der Waals surface area contributed by atoms with Gasteiger partial charge in [-0.2, -0.15) is 0 Å². The molecule has 1 N–H and O–H groups in total. The summed E-state index contributed by atoms with van der Waals surface area (Å²) in [4.78, 5) is 2.69. The maximum absolute atomic E-state index is 12.4. The number of benzene rings is 2. The highest BCUT2D eigenvalue weighted by atomic mass is 79.9. The van der Waals surface area contributed by atoms with Crippen molar-refractivity contribution in [2.24, 2.45) is 0 Å². The van der Waals surface area contributed by atoms with Crippen molar-refractivity contribution in [2.75, 3.05) is 13.1 Å². The summed E-state index contributed by atoms with van der Waals surface area (Å²) in [6.45, 7) is 2.73. The van der Waals surface area contributed by atoms with E-state index in [0.29, 0.717) is 4.90 Å². The minimum Gasteiger partial charge on any atom is -0.299 e. The number of nitrogens with one attached hydrogen (secondary N) is 1. The van der Waals surface area contributed by atoms with Crippen molar-refractivity contribution in [3.8, 4) is 0 Å². The van der Waals surface area contributed by atoms with Crippen molar-refractivity contribution in [1.82, 2.24) is 9.62 Å². The van der Waals surface area contributed by atoms with Crippen molar-refractivity contribution in [3.05, 3.63) is 64.6 Å². The Morgan fingerprint density at radius 1 is 1.00 bits per heavy atom. The van der Waals surface area contributed by atoms with Crippen LogP contribution in [0.5, 0.6) is 0 Å². The molecule has 25 heavy (non-hydrogen) atoms. The molecular formula is C18H22BrClN2O2S. The van der Waals surface area contributed by atoms with Crippen molar-refractivity contribution in [3.63, 3.8) is 0 Å². The number of piperidine rings is 1. The van der Waals surface area contributed by atoms with Gasteiger partial charge in [0.2, 0.25) is 10.0 Å². The van der Waals surface area contributed by atoms with E-state index in [9.17, 15) is 8.42 Å². The third kappa shape index (κ3) is 5.79. The van der Waals surface area contributed by atoms with Crippen LogP contribution in [0, 0.1) is 0 Å². The summed E-state index contributed by atoms with van der Waals surface area (Å²) in [5, 5.41) is 0. The fraction of sp³-hybridized carbons (Fsp3) is 0.333. The van der Waals surface area contributed by atoms with Crippen LogP contribution in [-0.4, -0.2) is 32.4 Å². The molecule has 0 amide bonds. The lowest BCUT2D eigenvalue weighted by Crippen LogP contribution is -2.44. The molecule has 0 spiro atoms. The Kier molecular flexibility index (Phi) is 7.46. The van der Waals surface area contributed by atoms with Crippen molar-refractivity contribution in [2.45, 2.75) is 30.3 Å². The molecule has 2 aromatic carbocycles. The number of sulfonamides is 1. The average Bonchev–Trinajstić information content (AvgIpc) is 2.58. The molecule has 0 atom stereocenters. The highest BCUT2D eigenvalue weighted by Gasteiger charge is 2.24. The smallest absolute Gasteiger partial charge is 0.240 e. The van der Waals surface area contributed by atoms with Crippen LogP contribution >= 0.6 is 28.3 Å². The SMILES string of the molecule is Cl.O=S(=O)(NC1CCN(Cc2ccccc2)CC1)c1ccc(Br)cc1.